The molecule has 4 nitrogen and oxygen atoms in total. The molecule has 1 aromatic carbocycles. The van der Waals surface area contributed by atoms with Crippen molar-refractivity contribution >= 4 is 20.9 Å². The number of benzene rings is 1. The Morgan fingerprint density at radius 1 is 1.20 bits per heavy atom. The summed E-state index contributed by atoms with van der Waals surface area (Å²) in [6.07, 6.45) is 5.07. The number of hydrogen-bond acceptors (Lipinski definition) is 2. The summed E-state index contributed by atoms with van der Waals surface area (Å²) < 4.78 is 24.7. The van der Waals surface area contributed by atoms with Crippen molar-refractivity contribution in [1.82, 2.24) is 9.29 Å². The summed E-state index contributed by atoms with van der Waals surface area (Å²) in [5.74, 6) is 0.451. The summed E-state index contributed by atoms with van der Waals surface area (Å²) in [6, 6.07) is 6.48. The van der Waals surface area contributed by atoms with Crippen molar-refractivity contribution in [3.63, 3.8) is 0 Å². The van der Waals surface area contributed by atoms with Gasteiger partial charge < -0.3 is 4.98 Å². The third-order valence-electron chi connectivity index (χ3n) is 4.33. The van der Waals surface area contributed by atoms with Gasteiger partial charge in [-0.2, -0.15) is 0 Å². The summed E-state index contributed by atoms with van der Waals surface area (Å²) in [4.78, 5) is 3.29. The number of aromatic nitrogens is 1. The Kier molecular flexibility index (Phi) is 3.34. The molecule has 1 aliphatic rings. The van der Waals surface area contributed by atoms with Crippen LogP contribution in [-0.4, -0.2) is 37.1 Å². The highest BCUT2D eigenvalue weighted by Gasteiger charge is 2.26. The molecule has 1 saturated heterocycles. The molecule has 1 N–H and O–H groups in total. The molecule has 108 valence electrons. The van der Waals surface area contributed by atoms with Crippen molar-refractivity contribution < 1.29 is 8.42 Å². The van der Waals surface area contributed by atoms with E-state index in [9.17, 15) is 8.42 Å². The first-order valence-electron chi connectivity index (χ1n) is 6.98. The molecule has 0 aliphatic carbocycles. The van der Waals surface area contributed by atoms with Crippen LogP contribution in [0, 0.1) is 6.92 Å². The second kappa shape index (κ2) is 4.90. The van der Waals surface area contributed by atoms with Crippen LogP contribution in [0.3, 0.4) is 0 Å². The van der Waals surface area contributed by atoms with Gasteiger partial charge in [-0.3, -0.25) is 0 Å². The third-order valence-corrected chi connectivity index (χ3v) is 5.63. The number of aromatic amines is 1. The van der Waals surface area contributed by atoms with Gasteiger partial charge in [-0.05, 0) is 42.9 Å². The Morgan fingerprint density at radius 3 is 2.55 bits per heavy atom. The molecule has 1 fully saturated rings. The number of H-pyrrole nitrogens is 1. The molecule has 3 rings (SSSR count). The van der Waals surface area contributed by atoms with E-state index in [-0.39, 0.29) is 0 Å². The van der Waals surface area contributed by atoms with Crippen molar-refractivity contribution in [2.45, 2.75) is 25.7 Å². The molecule has 5 heteroatoms. The van der Waals surface area contributed by atoms with Crippen molar-refractivity contribution in [2.24, 2.45) is 0 Å². The standard InChI is InChI=1S/C15H20N2O2S/c1-11-3-4-13(14-5-8-16-15(11)14)12-6-9-17(10-7-12)20(2,18)19/h3-5,8,12,16H,6-7,9-10H2,1-2H3. The van der Waals surface area contributed by atoms with Gasteiger partial charge >= 0.3 is 0 Å². The molecule has 0 saturated carbocycles. The predicted molar refractivity (Wildman–Crippen MR) is 81.4 cm³/mol. The molecular formula is C15H20N2O2S. The number of aryl methyl sites for hydroxylation is 1. The predicted octanol–water partition coefficient (Wildman–Crippen LogP) is 2.62. The van der Waals surface area contributed by atoms with Crippen LogP contribution in [0.25, 0.3) is 10.9 Å². The minimum Gasteiger partial charge on any atom is -0.361 e. The van der Waals surface area contributed by atoms with E-state index in [2.05, 4.69) is 30.1 Å². The third kappa shape index (κ3) is 2.36. The molecule has 1 aliphatic heterocycles. The van der Waals surface area contributed by atoms with Gasteiger partial charge in [-0.15, -0.1) is 0 Å². The molecule has 0 unspecified atom stereocenters. The highest BCUT2D eigenvalue weighted by molar-refractivity contribution is 7.88. The Bertz CT molecular complexity index is 725. The lowest BCUT2D eigenvalue weighted by atomic mass is 9.87. The van der Waals surface area contributed by atoms with Gasteiger partial charge in [0.05, 0.1) is 6.26 Å². The van der Waals surface area contributed by atoms with Gasteiger partial charge in [0.2, 0.25) is 10.0 Å². The summed E-state index contributed by atoms with van der Waals surface area (Å²) in [5, 5.41) is 1.28. The lowest BCUT2D eigenvalue weighted by Gasteiger charge is -2.30. The summed E-state index contributed by atoms with van der Waals surface area (Å²) in [5.41, 5.74) is 3.80. The lowest BCUT2D eigenvalue weighted by Crippen LogP contribution is -2.37. The molecule has 0 radical (unpaired) electrons. The minimum atomic E-state index is -3.04. The molecule has 20 heavy (non-hydrogen) atoms. The fraction of sp³-hybridized carbons (Fsp3) is 0.467. The number of nitrogens with one attached hydrogen (secondary N) is 1. The van der Waals surface area contributed by atoms with Gasteiger partial charge in [0.25, 0.3) is 0 Å². The van der Waals surface area contributed by atoms with Crippen LogP contribution >= 0.6 is 0 Å². The normalized spacial score (nSPS) is 18.7. The average molecular weight is 292 g/mol. The van der Waals surface area contributed by atoms with E-state index >= 15 is 0 Å². The molecule has 0 bridgehead atoms. The second-order valence-corrected chi connectivity index (χ2v) is 7.66. The van der Waals surface area contributed by atoms with Gasteiger partial charge in [0, 0.05) is 30.2 Å². The SMILES string of the molecule is Cc1ccc(C2CCN(S(C)(=O)=O)CC2)c2cc[nH]c12. The zero-order chi connectivity index (χ0) is 14.3. The van der Waals surface area contributed by atoms with Crippen molar-refractivity contribution in [1.29, 1.82) is 0 Å². The number of fused-ring (bicyclic) bond motifs is 1. The summed E-state index contributed by atoms with van der Waals surface area (Å²) in [6.45, 7) is 3.36. The first-order chi connectivity index (χ1) is 9.47. The van der Waals surface area contributed by atoms with Gasteiger partial charge in [0.15, 0.2) is 0 Å². The van der Waals surface area contributed by atoms with Crippen molar-refractivity contribution in [2.75, 3.05) is 19.3 Å². The van der Waals surface area contributed by atoms with Crippen molar-refractivity contribution in [3.8, 4) is 0 Å². The minimum absolute atomic E-state index is 0.451. The van der Waals surface area contributed by atoms with Crippen LogP contribution in [-0.2, 0) is 10.0 Å². The van der Waals surface area contributed by atoms with Gasteiger partial charge in [-0.25, -0.2) is 12.7 Å². The van der Waals surface area contributed by atoms with E-state index in [1.54, 1.807) is 4.31 Å². The Balaban J connectivity index is 1.87. The first kappa shape index (κ1) is 13.6. The first-order valence-corrected chi connectivity index (χ1v) is 8.83. The van der Waals surface area contributed by atoms with E-state index in [1.807, 2.05) is 6.20 Å². The van der Waals surface area contributed by atoms with Crippen LogP contribution in [0.5, 0.6) is 0 Å². The summed E-state index contributed by atoms with van der Waals surface area (Å²) in [7, 11) is -3.04. The van der Waals surface area contributed by atoms with E-state index in [4.69, 9.17) is 0 Å². The zero-order valence-corrected chi connectivity index (χ0v) is 12.7. The highest BCUT2D eigenvalue weighted by atomic mass is 32.2. The molecule has 1 aromatic heterocycles. The Hall–Kier alpha value is -1.33. The Labute approximate surface area is 119 Å². The van der Waals surface area contributed by atoms with Crippen LogP contribution in [0.1, 0.15) is 29.9 Å². The zero-order valence-electron chi connectivity index (χ0n) is 11.9. The van der Waals surface area contributed by atoms with Crippen LogP contribution in [0.2, 0.25) is 0 Å². The molecule has 0 amide bonds. The maximum atomic E-state index is 11.6. The number of nitrogens with zero attached hydrogens (tertiary/aromatic N) is 1. The van der Waals surface area contributed by atoms with Crippen LogP contribution in [0.15, 0.2) is 24.4 Å². The van der Waals surface area contributed by atoms with E-state index < -0.39 is 10.0 Å². The van der Waals surface area contributed by atoms with Gasteiger partial charge in [-0.1, -0.05) is 12.1 Å². The lowest BCUT2D eigenvalue weighted by molar-refractivity contribution is 0.322. The molecule has 0 atom stereocenters. The van der Waals surface area contributed by atoms with E-state index in [0.29, 0.717) is 19.0 Å². The van der Waals surface area contributed by atoms with E-state index in [1.165, 1.54) is 28.3 Å². The highest BCUT2D eigenvalue weighted by Crippen LogP contribution is 2.34. The molecule has 2 heterocycles. The maximum absolute atomic E-state index is 11.6. The number of hydrogen-bond donors (Lipinski definition) is 1. The van der Waals surface area contributed by atoms with Gasteiger partial charge in [0.1, 0.15) is 0 Å². The number of piperidine rings is 1. The Morgan fingerprint density at radius 2 is 1.90 bits per heavy atom. The molecule has 2 aromatic rings. The smallest absolute Gasteiger partial charge is 0.211 e. The molecule has 0 spiro atoms. The topological polar surface area (TPSA) is 53.2 Å². The quantitative estimate of drug-likeness (QED) is 0.925. The number of sulfonamides is 1. The number of rotatable bonds is 2. The van der Waals surface area contributed by atoms with E-state index in [0.717, 1.165) is 12.8 Å². The maximum Gasteiger partial charge on any atom is 0.211 e. The fourth-order valence-corrected chi connectivity index (χ4v) is 4.05. The van der Waals surface area contributed by atoms with Crippen LogP contribution in [0.4, 0.5) is 0 Å². The largest absolute Gasteiger partial charge is 0.361 e. The summed E-state index contributed by atoms with van der Waals surface area (Å²) >= 11 is 0. The fourth-order valence-electron chi connectivity index (χ4n) is 3.18. The molecular weight excluding hydrogens is 272 g/mol. The van der Waals surface area contributed by atoms with Crippen LogP contribution < -0.4 is 0 Å². The second-order valence-electron chi connectivity index (χ2n) is 5.67. The average Bonchev–Trinajstić information content (AvgIpc) is 2.88. The monoisotopic (exact) mass is 292 g/mol. The van der Waals surface area contributed by atoms with Crippen molar-refractivity contribution in [3.05, 3.63) is 35.5 Å².